The van der Waals surface area contributed by atoms with Gasteiger partial charge in [-0.3, -0.25) is 4.79 Å². The molecule has 0 radical (unpaired) electrons. The van der Waals surface area contributed by atoms with E-state index in [4.69, 9.17) is 0 Å². The molecule has 0 N–H and O–H groups in total. The van der Waals surface area contributed by atoms with Crippen LogP contribution in [-0.2, 0) is 18.3 Å². The second kappa shape index (κ2) is 6.63. The smallest absolute Gasteiger partial charge is 0.228 e. The minimum absolute atomic E-state index is 0.265. The van der Waals surface area contributed by atoms with E-state index in [1.807, 2.05) is 11.6 Å². The number of hydrogen-bond acceptors (Lipinski definition) is 2. The first-order valence-corrected chi connectivity index (χ1v) is 8.47. The summed E-state index contributed by atoms with van der Waals surface area (Å²) in [5, 5.41) is 0. The van der Waals surface area contributed by atoms with Crippen LogP contribution in [0.2, 0.25) is 0 Å². The highest BCUT2D eigenvalue weighted by atomic mass is 16.2. The predicted octanol–water partition coefficient (Wildman–Crippen LogP) is 2.78. The molecule has 1 saturated carbocycles. The lowest BCUT2D eigenvalue weighted by atomic mass is 9.76. The molecule has 2 fully saturated rings. The van der Waals surface area contributed by atoms with Crippen LogP contribution < -0.4 is 0 Å². The SMILES string of the molecule is Cn1cncc1CC(=O)N1CCC(C2CCCCC2)CC1. The van der Waals surface area contributed by atoms with Crippen molar-refractivity contribution >= 4 is 5.91 Å². The van der Waals surface area contributed by atoms with E-state index in [1.54, 1.807) is 12.5 Å². The van der Waals surface area contributed by atoms with Gasteiger partial charge in [0.1, 0.15) is 0 Å². The van der Waals surface area contributed by atoms with Crippen LogP contribution in [0.1, 0.15) is 50.6 Å². The Morgan fingerprint density at radius 2 is 1.81 bits per heavy atom. The zero-order valence-electron chi connectivity index (χ0n) is 13.1. The molecule has 3 rings (SSSR count). The van der Waals surface area contributed by atoms with Gasteiger partial charge in [0.25, 0.3) is 0 Å². The summed E-state index contributed by atoms with van der Waals surface area (Å²) >= 11 is 0. The van der Waals surface area contributed by atoms with Crippen molar-refractivity contribution in [3.05, 3.63) is 18.2 Å². The average molecular weight is 289 g/mol. The van der Waals surface area contributed by atoms with Crippen LogP contribution in [0.25, 0.3) is 0 Å². The summed E-state index contributed by atoms with van der Waals surface area (Å²) in [5.41, 5.74) is 1.01. The Kier molecular flexibility index (Phi) is 4.61. The van der Waals surface area contributed by atoms with Crippen LogP contribution in [-0.4, -0.2) is 33.4 Å². The Hall–Kier alpha value is -1.32. The van der Waals surface area contributed by atoms with Gasteiger partial charge >= 0.3 is 0 Å². The maximum Gasteiger partial charge on any atom is 0.228 e. The lowest BCUT2D eigenvalue weighted by molar-refractivity contribution is -0.132. The molecule has 21 heavy (non-hydrogen) atoms. The van der Waals surface area contributed by atoms with Crippen LogP contribution in [0.4, 0.5) is 0 Å². The summed E-state index contributed by atoms with van der Waals surface area (Å²) in [7, 11) is 1.95. The molecule has 2 aliphatic rings. The van der Waals surface area contributed by atoms with E-state index in [0.29, 0.717) is 6.42 Å². The second-order valence-corrected chi connectivity index (χ2v) is 6.79. The van der Waals surface area contributed by atoms with E-state index in [-0.39, 0.29) is 5.91 Å². The molecule has 0 aromatic carbocycles. The number of likely N-dealkylation sites (tertiary alicyclic amines) is 1. The second-order valence-electron chi connectivity index (χ2n) is 6.79. The molecule has 1 saturated heterocycles. The third-order valence-corrected chi connectivity index (χ3v) is 5.46. The summed E-state index contributed by atoms with van der Waals surface area (Å²) in [6.45, 7) is 1.91. The molecule has 1 aliphatic carbocycles. The van der Waals surface area contributed by atoms with Crippen LogP contribution in [0.15, 0.2) is 12.5 Å². The van der Waals surface area contributed by atoms with Crippen LogP contribution in [0.3, 0.4) is 0 Å². The van der Waals surface area contributed by atoms with Crippen molar-refractivity contribution in [1.29, 1.82) is 0 Å². The standard InChI is InChI=1S/C17H27N3O/c1-19-13-18-12-16(19)11-17(21)20-9-7-15(8-10-20)14-5-3-2-4-6-14/h12-15H,2-11H2,1H3. The Morgan fingerprint density at radius 1 is 1.14 bits per heavy atom. The number of imidazole rings is 1. The van der Waals surface area contributed by atoms with E-state index in [1.165, 1.54) is 44.9 Å². The van der Waals surface area contributed by atoms with Crippen LogP contribution in [0.5, 0.6) is 0 Å². The van der Waals surface area contributed by atoms with Gasteiger partial charge in [0, 0.05) is 32.0 Å². The Labute approximate surface area is 127 Å². The Balaban J connectivity index is 1.48. The van der Waals surface area contributed by atoms with Crippen molar-refractivity contribution in [1.82, 2.24) is 14.5 Å². The summed E-state index contributed by atoms with van der Waals surface area (Å²) in [5.74, 6) is 2.07. The van der Waals surface area contributed by atoms with Crippen molar-refractivity contribution in [2.24, 2.45) is 18.9 Å². The van der Waals surface area contributed by atoms with Gasteiger partial charge in [0.05, 0.1) is 12.7 Å². The van der Waals surface area contributed by atoms with E-state index in [0.717, 1.165) is 30.6 Å². The average Bonchev–Trinajstić information content (AvgIpc) is 2.93. The number of hydrogen-bond donors (Lipinski definition) is 0. The fourth-order valence-corrected chi connectivity index (χ4v) is 4.05. The minimum atomic E-state index is 0.265. The largest absolute Gasteiger partial charge is 0.342 e. The Bertz CT molecular complexity index is 468. The quantitative estimate of drug-likeness (QED) is 0.858. The summed E-state index contributed by atoms with van der Waals surface area (Å²) in [6.07, 6.45) is 13.6. The molecule has 2 heterocycles. The number of aromatic nitrogens is 2. The van der Waals surface area contributed by atoms with Crippen molar-refractivity contribution in [3.8, 4) is 0 Å². The van der Waals surface area contributed by atoms with Gasteiger partial charge < -0.3 is 9.47 Å². The van der Waals surface area contributed by atoms with E-state index in [2.05, 4.69) is 9.88 Å². The van der Waals surface area contributed by atoms with E-state index >= 15 is 0 Å². The minimum Gasteiger partial charge on any atom is -0.342 e. The third-order valence-electron chi connectivity index (χ3n) is 5.46. The molecule has 116 valence electrons. The van der Waals surface area contributed by atoms with Gasteiger partial charge in [-0.15, -0.1) is 0 Å². The number of rotatable bonds is 3. The van der Waals surface area contributed by atoms with Gasteiger partial charge in [-0.05, 0) is 24.7 Å². The van der Waals surface area contributed by atoms with Crippen molar-refractivity contribution in [3.63, 3.8) is 0 Å². The number of nitrogens with zero attached hydrogens (tertiary/aromatic N) is 3. The highest BCUT2D eigenvalue weighted by Gasteiger charge is 2.29. The molecule has 1 amide bonds. The van der Waals surface area contributed by atoms with Gasteiger partial charge in [-0.25, -0.2) is 4.98 Å². The van der Waals surface area contributed by atoms with Crippen molar-refractivity contribution in [2.75, 3.05) is 13.1 Å². The molecule has 0 atom stereocenters. The zero-order valence-corrected chi connectivity index (χ0v) is 13.1. The van der Waals surface area contributed by atoms with E-state index in [9.17, 15) is 4.79 Å². The number of amides is 1. The predicted molar refractivity (Wildman–Crippen MR) is 82.8 cm³/mol. The molecule has 1 aromatic heterocycles. The molecule has 0 unspecified atom stereocenters. The van der Waals surface area contributed by atoms with Crippen molar-refractivity contribution < 1.29 is 4.79 Å². The summed E-state index contributed by atoms with van der Waals surface area (Å²) < 4.78 is 1.94. The molecule has 0 bridgehead atoms. The lowest BCUT2D eigenvalue weighted by Gasteiger charge is -2.37. The molecule has 4 heteroatoms. The maximum atomic E-state index is 12.4. The van der Waals surface area contributed by atoms with Crippen LogP contribution >= 0.6 is 0 Å². The number of carbonyl (C=O) groups is 1. The highest BCUT2D eigenvalue weighted by molar-refractivity contribution is 5.78. The van der Waals surface area contributed by atoms with Gasteiger partial charge in [-0.2, -0.15) is 0 Å². The molecular weight excluding hydrogens is 262 g/mol. The topological polar surface area (TPSA) is 38.1 Å². The van der Waals surface area contributed by atoms with Gasteiger partial charge in [0.2, 0.25) is 5.91 Å². The fraction of sp³-hybridized carbons (Fsp3) is 0.765. The lowest BCUT2D eigenvalue weighted by Crippen LogP contribution is -2.41. The van der Waals surface area contributed by atoms with Gasteiger partial charge in [0.15, 0.2) is 0 Å². The normalized spacial score (nSPS) is 21.7. The molecule has 1 aromatic rings. The highest BCUT2D eigenvalue weighted by Crippen LogP contribution is 2.35. The summed E-state index contributed by atoms with van der Waals surface area (Å²) in [4.78, 5) is 18.5. The fourth-order valence-electron chi connectivity index (χ4n) is 4.05. The van der Waals surface area contributed by atoms with E-state index < -0.39 is 0 Å². The monoisotopic (exact) mass is 289 g/mol. The maximum absolute atomic E-state index is 12.4. The Morgan fingerprint density at radius 3 is 2.43 bits per heavy atom. The first kappa shape index (κ1) is 14.6. The first-order valence-electron chi connectivity index (χ1n) is 8.47. The third kappa shape index (κ3) is 3.47. The van der Waals surface area contributed by atoms with Crippen LogP contribution in [0, 0.1) is 11.8 Å². The molecule has 0 spiro atoms. The molecule has 4 nitrogen and oxygen atoms in total. The zero-order chi connectivity index (χ0) is 14.7. The molecule has 1 aliphatic heterocycles. The number of aryl methyl sites for hydroxylation is 1. The molecular formula is C17H27N3O. The number of piperidine rings is 1. The number of carbonyl (C=O) groups excluding carboxylic acids is 1. The first-order chi connectivity index (χ1) is 10.2. The summed E-state index contributed by atoms with van der Waals surface area (Å²) in [6, 6.07) is 0. The van der Waals surface area contributed by atoms with Gasteiger partial charge in [-0.1, -0.05) is 32.1 Å². The van der Waals surface area contributed by atoms with Crippen molar-refractivity contribution in [2.45, 2.75) is 51.4 Å².